The quantitative estimate of drug-likeness (QED) is 0.620. The van der Waals surface area contributed by atoms with Crippen LogP contribution in [0.4, 0.5) is 0 Å². The number of hydrogen-bond acceptors (Lipinski definition) is 2. The molecule has 0 radical (unpaired) electrons. The maximum atomic E-state index is 11.8. The monoisotopic (exact) mass is 309 g/mol. The Labute approximate surface area is 119 Å². The molecule has 0 spiro atoms. The van der Waals surface area contributed by atoms with Crippen molar-refractivity contribution in [3.63, 3.8) is 0 Å². The van der Waals surface area contributed by atoms with Gasteiger partial charge in [0.15, 0.2) is 0 Å². The Morgan fingerprint density at radius 1 is 1.28 bits per heavy atom. The van der Waals surface area contributed by atoms with Crippen molar-refractivity contribution in [1.82, 2.24) is 4.72 Å². The summed E-state index contributed by atoms with van der Waals surface area (Å²) >= 11 is 11.5. The molecule has 0 heterocycles. The molecule has 0 fully saturated rings. The van der Waals surface area contributed by atoms with Crippen LogP contribution in [0.3, 0.4) is 0 Å². The average molecular weight is 310 g/mol. The van der Waals surface area contributed by atoms with Crippen molar-refractivity contribution in [3.05, 3.63) is 34.9 Å². The van der Waals surface area contributed by atoms with Gasteiger partial charge in [-0.2, -0.15) is 0 Å². The van der Waals surface area contributed by atoms with Gasteiger partial charge in [-0.25, -0.2) is 13.1 Å². The normalized spacial score (nSPS) is 13.5. The van der Waals surface area contributed by atoms with E-state index in [1.807, 2.05) is 18.2 Å². The van der Waals surface area contributed by atoms with E-state index in [-0.39, 0.29) is 11.8 Å². The van der Waals surface area contributed by atoms with E-state index in [0.29, 0.717) is 23.7 Å². The van der Waals surface area contributed by atoms with Gasteiger partial charge in [-0.1, -0.05) is 29.8 Å². The molecule has 1 aromatic carbocycles. The molecule has 6 heteroatoms. The minimum Gasteiger partial charge on any atom is -0.212 e. The molecule has 0 bridgehead atoms. The molecule has 0 aromatic heterocycles. The van der Waals surface area contributed by atoms with E-state index in [1.54, 1.807) is 13.0 Å². The van der Waals surface area contributed by atoms with Crippen molar-refractivity contribution in [1.29, 1.82) is 0 Å². The molecule has 1 atom stereocenters. The van der Waals surface area contributed by atoms with Crippen LogP contribution < -0.4 is 4.72 Å². The Balaban J connectivity index is 2.64. The molecule has 0 aliphatic rings. The molecule has 0 saturated heterocycles. The summed E-state index contributed by atoms with van der Waals surface area (Å²) in [5.41, 5.74) is 0.778. The van der Waals surface area contributed by atoms with Gasteiger partial charge in [0.1, 0.15) is 0 Å². The zero-order valence-corrected chi connectivity index (χ0v) is 12.5. The van der Waals surface area contributed by atoms with Crippen LogP contribution in [0.25, 0.3) is 0 Å². The summed E-state index contributed by atoms with van der Waals surface area (Å²) in [6.45, 7) is 1.78. The van der Waals surface area contributed by atoms with Gasteiger partial charge >= 0.3 is 0 Å². The number of nitrogens with one attached hydrogen (secondary N) is 1. The summed E-state index contributed by atoms with van der Waals surface area (Å²) in [6.07, 6.45) is 1.26. The highest BCUT2D eigenvalue weighted by Crippen LogP contribution is 2.22. The molecule has 0 aliphatic heterocycles. The van der Waals surface area contributed by atoms with Crippen molar-refractivity contribution >= 4 is 33.2 Å². The van der Waals surface area contributed by atoms with Crippen molar-refractivity contribution in [3.8, 4) is 0 Å². The topological polar surface area (TPSA) is 46.2 Å². The fourth-order valence-electron chi connectivity index (χ4n) is 1.60. The first-order valence-electron chi connectivity index (χ1n) is 5.76. The van der Waals surface area contributed by atoms with Gasteiger partial charge in [0.05, 0.1) is 5.75 Å². The molecular formula is C12H17Cl2NO2S. The lowest BCUT2D eigenvalue weighted by Crippen LogP contribution is -2.29. The highest BCUT2D eigenvalue weighted by Gasteiger charge is 2.16. The smallest absolute Gasteiger partial charge is 0.212 e. The van der Waals surface area contributed by atoms with Crippen molar-refractivity contribution in [2.24, 2.45) is 0 Å². The summed E-state index contributed by atoms with van der Waals surface area (Å²) in [5.74, 6) is 0.574. The van der Waals surface area contributed by atoms with Crippen LogP contribution in [0.5, 0.6) is 0 Å². The van der Waals surface area contributed by atoms with Crippen LogP contribution in [0.15, 0.2) is 24.3 Å². The molecule has 0 aliphatic carbocycles. The highest BCUT2D eigenvalue weighted by atomic mass is 35.5. The molecule has 102 valence electrons. The largest absolute Gasteiger partial charge is 0.212 e. The molecule has 1 aromatic rings. The number of benzene rings is 1. The minimum absolute atomic E-state index is 0.0918. The van der Waals surface area contributed by atoms with E-state index >= 15 is 0 Å². The van der Waals surface area contributed by atoms with Crippen LogP contribution >= 0.6 is 23.2 Å². The number of unbranched alkanes of at least 4 members (excludes halogenated alkanes) is 1. The predicted molar refractivity (Wildman–Crippen MR) is 76.7 cm³/mol. The van der Waals surface area contributed by atoms with Crippen molar-refractivity contribution in [2.45, 2.75) is 25.8 Å². The van der Waals surface area contributed by atoms with E-state index in [1.165, 1.54) is 0 Å². The Kier molecular flexibility index (Phi) is 6.43. The molecule has 0 amide bonds. The Morgan fingerprint density at radius 2 is 1.94 bits per heavy atom. The van der Waals surface area contributed by atoms with Crippen molar-refractivity contribution < 1.29 is 8.42 Å². The van der Waals surface area contributed by atoms with Gasteiger partial charge in [0.25, 0.3) is 0 Å². The first-order chi connectivity index (χ1) is 8.46. The summed E-state index contributed by atoms with van der Waals surface area (Å²) in [6, 6.07) is 6.87. The average Bonchev–Trinajstić information content (AvgIpc) is 2.29. The Hall–Kier alpha value is -0.290. The Morgan fingerprint density at radius 3 is 2.56 bits per heavy atom. The van der Waals surface area contributed by atoms with E-state index in [4.69, 9.17) is 23.2 Å². The maximum Gasteiger partial charge on any atom is 0.212 e. The van der Waals surface area contributed by atoms with Gasteiger partial charge in [0, 0.05) is 16.9 Å². The Bertz CT molecular complexity index is 477. The number of sulfonamides is 1. The fourth-order valence-corrected chi connectivity index (χ4v) is 3.46. The summed E-state index contributed by atoms with van der Waals surface area (Å²) in [7, 11) is -3.29. The molecule has 0 unspecified atom stereocenters. The zero-order chi connectivity index (χ0) is 13.6. The third-order valence-electron chi connectivity index (χ3n) is 2.52. The zero-order valence-electron chi connectivity index (χ0n) is 10.2. The molecule has 1 rings (SSSR count). The van der Waals surface area contributed by atoms with Crippen LogP contribution in [0.1, 0.15) is 31.4 Å². The van der Waals surface area contributed by atoms with Gasteiger partial charge < -0.3 is 0 Å². The summed E-state index contributed by atoms with van der Waals surface area (Å²) in [4.78, 5) is 0. The van der Waals surface area contributed by atoms with Crippen LogP contribution in [-0.4, -0.2) is 20.1 Å². The molecule has 0 saturated carbocycles. The van der Waals surface area contributed by atoms with E-state index in [2.05, 4.69) is 4.72 Å². The summed E-state index contributed by atoms with van der Waals surface area (Å²) in [5, 5.41) is 0.563. The molecular weight excluding hydrogens is 293 g/mol. The van der Waals surface area contributed by atoms with Gasteiger partial charge in [0.2, 0.25) is 10.0 Å². The molecule has 1 N–H and O–H groups in total. The second-order valence-corrected chi connectivity index (χ2v) is 6.73. The third kappa shape index (κ3) is 5.14. The van der Waals surface area contributed by atoms with E-state index in [9.17, 15) is 8.42 Å². The first-order valence-corrected chi connectivity index (χ1v) is 8.33. The van der Waals surface area contributed by atoms with Crippen LogP contribution in [0, 0.1) is 0 Å². The highest BCUT2D eigenvalue weighted by molar-refractivity contribution is 7.89. The first kappa shape index (κ1) is 15.8. The second-order valence-electron chi connectivity index (χ2n) is 4.08. The van der Waals surface area contributed by atoms with Crippen molar-refractivity contribution in [2.75, 3.05) is 11.6 Å². The summed E-state index contributed by atoms with van der Waals surface area (Å²) < 4.78 is 26.2. The molecule has 18 heavy (non-hydrogen) atoms. The minimum atomic E-state index is -3.29. The number of alkyl halides is 1. The predicted octanol–water partition coefficient (Wildman–Crippen LogP) is 3.34. The lowest BCUT2D eigenvalue weighted by atomic mass is 10.1. The van der Waals surface area contributed by atoms with E-state index < -0.39 is 10.0 Å². The van der Waals surface area contributed by atoms with Crippen LogP contribution in [-0.2, 0) is 10.0 Å². The van der Waals surface area contributed by atoms with Gasteiger partial charge in [-0.3, -0.25) is 0 Å². The maximum absolute atomic E-state index is 11.8. The van der Waals surface area contributed by atoms with Gasteiger partial charge in [-0.05, 0) is 31.4 Å². The molecule has 3 nitrogen and oxygen atoms in total. The number of halogens is 2. The van der Waals surface area contributed by atoms with E-state index in [0.717, 1.165) is 5.56 Å². The van der Waals surface area contributed by atoms with Crippen LogP contribution in [0.2, 0.25) is 5.02 Å². The SMILES string of the molecule is C[C@@H](NS(=O)(=O)CCCCCl)c1ccccc1Cl. The fraction of sp³-hybridized carbons (Fsp3) is 0.500. The third-order valence-corrected chi connectivity index (χ3v) is 4.68. The number of hydrogen-bond donors (Lipinski definition) is 1. The second kappa shape index (κ2) is 7.34. The number of rotatable bonds is 7. The van der Waals surface area contributed by atoms with Gasteiger partial charge in [-0.15, -0.1) is 11.6 Å². The standard InChI is InChI=1S/C12H17Cl2NO2S/c1-10(11-6-2-3-7-12(11)14)15-18(16,17)9-5-4-8-13/h2-3,6-7,10,15H,4-5,8-9H2,1H3/t10-/m1/s1. The lowest BCUT2D eigenvalue weighted by Gasteiger charge is -2.15. The lowest BCUT2D eigenvalue weighted by molar-refractivity contribution is 0.564.